The van der Waals surface area contributed by atoms with Crippen molar-refractivity contribution < 1.29 is 19.0 Å². The zero-order valence-electron chi connectivity index (χ0n) is 14.7. The third-order valence-electron chi connectivity index (χ3n) is 2.67. The Labute approximate surface area is 138 Å². The highest BCUT2D eigenvalue weighted by atomic mass is 16.6. The van der Waals surface area contributed by atoms with Gasteiger partial charge in [-0.25, -0.2) is 4.79 Å². The number of ether oxygens (including phenoxy) is 3. The standard InChI is InChI=1S/C17H28N2O4/c1-6-21-13-8-9-15(22-7-2)14(12-13)18-10-11-19-16(20)23-17(3,4)5/h8-9,12,18H,6-7,10-11H2,1-5H3,(H,19,20). The van der Waals surface area contributed by atoms with Crippen molar-refractivity contribution in [2.75, 3.05) is 31.6 Å². The quantitative estimate of drug-likeness (QED) is 0.717. The zero-order valence-corrected chi connectivity index (χ0v) is 14.7. The molecule has 0 radical (unpaired) electrons. The Kier molecular flexibility index (Phi) is 7.51. The first-order chi connectivity index (χ1) is 10.9. The second-order valence-electron chi connectivity index (χ2n) is 5.88. The van der Waals surface area contributed by atoms with Gasteiger partial charge in [-0.15, -0.1) is 0 Å². The third kappa shape index (κ3) is 7.63. The molecule has 23 heavy (non-hydrogen) atoms. The SMILES string of the molecule is CCOc1ccc(OCC)c(NCCNC(=O)OC(C)(C)C)c1. The molecule has 0 aliphatic rings. The van der Waals surface area contributed by atoms with Crippen LogP contribution in [0.3, 0.4) is 0 Å². The molecule has 0 heterocycles. The summed E-state index contributed by atoms with van der Waals surface area (Å²) in [5.41, 5.74) is 0.342. The topological polar surface area (TPSA) is 68.8 Å². The smallest absolute Gasteiger partial charge is 0.407 e. The predicted octanol–water partition coefficient (Wildman–Crippen LogP) is 3.42. The van der Waals surface area contributed by atoms with Crippen molar-refractivity contribution in [1.82, 2.24) is 5.32 Å². The number of rotatable bonds is 8. The molecule has 130 valence electrons. The van der Waals surface area contributed by atoms with Gasteiger partial charge in [0.25, 0.3) is 0 Å². The van der Waals surface area contributed by atoms with Gasteiger partial charge in [-0.2, -0.15) is 0 Å². The van der Waals surface area contributed by atoms with Crippen molar-refractivity contribution in [2.24, 2.45) is 0 Å². The fraction of sp³-hybridized carbons (Fsp3) is 0.588. The molecule has 0 aliphatic heterocycles. The van der Waals surface area contributed by atoms with Crippen LogP contribution in [0.2, 0.25) is 0 Å². The lowest BCUT2D eigenvalue weighted by Crippen LogP contribution is -2.35. The fourth-order valence-electron chi connectivity index (χ4n) is 1.86. The number of hydrogen-bond acceptors (Lipinski definition) is 5. The van der Waals surface area contributed by atoms with E-state index in [2.05, 4.69) is 10.6 Å². The number of alkyl carbamates (subject to hydrolysis) is 1. The molecule has 0 spiro atoms. The van der Waals surface area contributed by atoms with Crippen LogP contribution in [0.15, 0.2) is 18.2 Å². The Morgan fingerprint density at radius 2 is 1.78 bits per heavy atom. The summed E-state index contributed by atoms with van der Waals surface area (Å²) in [4.78, 5) is 11.6. The van der Waals surface area contributed by atoms with Gasteiger partial charge in [0.05, 0.1) is 18.9 Å². The average molecular weight is 324 g/mol. The molecule has 2 N–H and O–H groups in total. The number of benzene rings is 1. The van der Waals surface area contributed by atoms with Gasteiger partial charge in [-0.05, 0) is 46.8 Å². The summed E-state index contributed by atoms with van der Waals surface area (Å²) in [5.74, 6) is 1.53. The molecule has 0 aromatic heterocycles. The number of anilines is 1. The van der Waals surface area contributed by atoms with E-state index in [0.29, 0.717) is 26.3 Å². The molecule has 0 atom stereocenters. The van der Waals surface area contributed by atoms with E-state index in [1.807, 2.05) is 52.8 Å². The Morgan fingerprint density at radius 3 is 2.39 bits per heavy atom. The van der Waals surface area contributed by atoms with Crippen LogP contribution >= 0.6 is 0 Å². The van der Waals surface area contributed by atoms with Crippen molar-refractivity contribution in [3.8, 4) is 11.5 Å². The molecule has 0 saturated carbocycles. The summed E-state index contributed by atoms with van der Waals surface area (Å²) in [6.07, 6.45) is -0.424. The summed E-state index contributed by atoms with van der Waals surface area (Å²) < 4.78 is 16.3. The number of nitrogens with one attached hydrogen (secondary N) is 2. The van der Waals surface area contributed by atoms with E-state index in [1.165, 1.54) is 0 Å². The first-order valence-corrected chi connectivity index (χ1v) is 7.96. The van der Waals surface area contributed by atoms with E-state index >= 15 is 0 Å². The molecule has 0 aliphatic carbocycles. The van der Waals surface area contributed by atoms with Gasteiger partial charge in [0.15, 0.2) is 0 Å². The van der Waals surface area contributed by atoms with Crippen LogP contribution in [-0.2, 0) is 4.74 Å². The fourth-order valence-corrected chi connectivity index (χ4v) is 1.86. The number of carbonyl (C=O) groups excluding carboxylic acids is 1. The molecule has 6 heteroatoms. The predicted molar refractivity (Wildman–Crippen MR) is 91.5 cm³/mol. The largest absolute Gasteiger partial charge is 0.494 e. The Hall–Kier alpha value is -2.11. The van der Waals surface area contributed by atoms with Crippen LogP contribution < -0.4 is 20.1 Å². The normalized spacial score (nSPS) is 10.8. The number of amides is 1. The van der Waals surface area contributed by atoms with Crippen molar-refractivity contribution >= 4 is 11.8 Å². The Balaban J connectivity index is 2.52. The van der Waals surface area contributed by atoms with Crippen LogP contribution in [-0.4, -0.2) is 38.0 Å². The van der Waals surface area contributed by atoms with Crippen molar-refractivity contribution in [2.45, 2.75) is 40.2 Å². The highest BCUT2D eigenvalue weighted by Crippen LogP contribution is 2.29. The molecule has 0 unspecified atom stereocenters. The second-order valence-corrected chi connectivity index (χ2v) is 5.88. The van der Waals surface area contributed by atoms with Crippen LogP contribution in [0, 0.1) is 0 Å². The lowest BCUT2D eigenvalue weighted by Gasteiger charge is -2.20. The molecular formula is C17H28N2O4. The van der Waals surface area contributed by atoms with E-state index in [4.69, 9.17) is 14.2 Å². The molecule has 0 bridgehead atoms. The molecule has 1 rings (SSSR count). The van der Waals surface area contributed by atoms with Crippen molar-refractivity contribution in [3.63, 3.8) is 0 Å². The average Bonchev–Trinajstić information content (AvgIpc) is 2.44. The second kappa shape index (κ2) is 9.12. The van der Waals surface area contributed by atoms with Gasteiger partial charge in [0.1, 0.15) is 17.1 Å². The van der Waals surface area contributed by atoms with E-state index < -0.39 is 11.7 Å². The summed E-state index contributed by atoms with van der Waals surface area (Å²) in [6, 6.07) is 5.64. The number of hydrogen-bond donors (Lipinski definition) is 2. The Morgan fingerprint density at radius 1 is 1.09 bits per heavy atom. The van der Waals surface area contributed by atoms with Crippen LogP contribution in [0.25, 0.3) is 0 Å². The molecule has 1 aromatic carbocycles. The van der Waals surface area contributed by atoms with Crippen LogP contribution in [0.4, 0.5) is 10.5 Å². The van der Waals surface area contributed by atoms with E-state index in [9.17, 15) is 4.79 Å². The van der Waals surface area contributed by atoms with E-state index in [-0.39, 0.29) is 0 Å². The minimum absolute atomic E-state index is 0.424. The van der Waals surface area contributed by atoms with E-state index in [1.54, 1.807) is 0 Å². The van der Waals surface area contributed by atoms with E-state index in [0.717, 1.165) is 17.2 Å². The minimum Gasteiger partial charge on any atom is -0.494 e. The van der Waals surface area contributed by atoms with Gasteiger partial charge >= 0.3 is 6.09 Å². The van der Waals surface area contributed by atoms with Gasteiger partial charge in [-0.1, -0.05) is 0 Å². The lowest BCUT2D eigenvalue weighted by molar-refractivity contribution is 0.0530. The monoisotopic (exact) mass is 324 g/mol. The highest BCUT2D eigenvalue weighted by Gasteiger charge is 2.15. The zero-order chi connectivity index (χ0) is 17.3. The van der Waals surface area contributed by atoms with Gasteiger partial charge in [0.2, 0.25) is 0 Å². The highest BCUT2D eigenvalue weighted by molar-refractivity contribution is 5.67. The first-order valence-electron chi connectivity index (χ1n) is 7.96. The summed E-state index contributed by atoms with van der Waals surface area (Å²) >= 11 is 0. The number of carbonyl (C=O) groups is 1. The van der Waals surface area contributed by atoms with Gasteiger partial charge < -0.3 is 24.8 Å². The molecular weight excluding hydrogens is 296 g/mol. The molecule has 6 nitrogen and oxygen atoms in total. The van der Waals surface area contributed by atoms with Gasteiger partial charge in [-0.3, -0.25) is 0 Å². The van der Waals surface area contributed by atoms with Crippen molar-refractivity contribution in [1.29, 1.82) is 0 Å². The van der Waals surface area contributed by atoms with Gasteiger partial charge in [0, 0.05) is 19.2 Å². The lowest BCUT2D eigenvalue weighted by atomic mass is 10.2. The summed E-state index contributed by atoms with van der Waals surface area (Å²) in [7, 11) is 0. The minimum atomic E-state index is -0.495. The van der Waals surface area contributed by atoms with Crippen LogP contribution in [0.1, 0.15) is 34.6 Å². The third-order valence-corrected chi connectivity index (χ3v) is 2.67. The molecule has 0 fully saturated rings. The maximum atomic E-state index is 11.6. The van der Waals surface area contributed by atoms with Crippen LogP contribution in [0.5, 0.6) is 11.5 Å². The molecule has 1 amide bonds. The molecule has 1 aromatic rings. The first kappa shape index (κ1) is 18.9. The summed E-state index contributed by atoms with van der Waals surface area (Å²) in [5, 5.41) is 5.94. The summed E-state index contributed by atoms with van der Waals surface area (Å²) in [6.45, 7) is 11.6. The molecule has 0 saturated heterocycles. The maximum absolute atomic E-state index is 11.6. The maximum Gasteiger partial charge on any atom is 0.407 e. The van der Waals surface area contributed by atoms with Crippen molar-refractivity contribution in [3.05, 3.63) is 18.2 Å². The Bertz CT molecular complexity index is 498.